The zero-order valence-electron chi connectivity index (χ0n) is 11.8. The minimum absolute atomic E-state index is 0.144. The Hall–Kier alpha value is -2.82. The first-order valence-corrected chi connectivity index (χ1v) is 6.68. The third-order valence-corrected chi connectivity index (χ3v) is 2.69. The molecule has 0 aliphatic carbocycles. The standard InChI is InChI=1S/C16H18N4O/c1-13(17-18-14-8-4-2-5-9-14)12-16(21)20-19-15-10-6-3-7-11-15/h2-11,18-19H,12H2,1H3,(H,20,21). The minimum atomic E-state index is -0.144. The van der Waals surface area contributed by atoms with Gasteiger partial charge in [-0.1, -0.05) is 36.4 Å². The molecule has 2 aromatic carbocycles. The van der Waals surface area contributed by atoms with Crippen molar-refractivity contribution in [1.82, 2.24) is 5.43 Å². The van der Waals surface area contributed by atoms with Crippen LogP contribution in [-0.2, 0) is 4.79 Å². The number of hydrazine groups is 1. The Morgan fingerprint density at radius 1 is 0.952 bits per heavy atom. The highest BCUT2D eigenvalue weighted by atomic mass is 16.2. The monoisotopic (exact) mass is 282 g/mol. The summed E-state index contributed by atoms with van der Waals surface area (Å²) in [6.07, 6.45) is 0.222. The van der Waals surface area contributed by atoms with Crippen molar-refractivity contribution in [1.29, 1.82) is 0 Å². The van der Waals surface area contributed by atoms with E-state index in [-0.39, 0.29) is 12.3 Å². The minimum Gasteiger partial charge on any atom is -0.299 e. The summed E-state index contributed by atoms with van der Waals surface area (Å²) in [4.78, 5) is 11.8. The Morgan fingerprint density at radius 2 is 1.52 bits per heavy atom. The van der Waals surface area contributed by atoms with Crippen LogP contribution in [0.4, 0.5) is 11.4 Å². The van der Waals surface area contributed by atoms with Gasteiger partial charge in [-0.3, -0.25) is 21.1 Å². The zero-order chi connectivity index (χ0) is 14.9. The van der Waals surface area contributed by atoms with Gasteiger partial charge in [0.25, 0.3) is 0 Å². The van der Waals surface area contributed by atoms with Gasteiger partial charge in [0.05, 0.1) is 17.8 Å². The van der Waals surface area contributed by atoms with Gasteiger partial charge < -0.3 is 0 Å². The molecule has 0 bridgehead atoms. The van der Waals surface area contributed by atoms with Crippen molar-refractivity contribution in [2.24, 2.45) is 5.10 Å². The van der Waals surface area contributed by atoms with Gasteiger partial charge in [-0.15, -0.1) is 0 Å². The molecule has 5 heteroatoms. The van der Waals surface area contributed by atoms with E-state index in [4.69, 9.17) is 0 Å². The van der Waals surface area contributed by atoms with Crippen molar-refractivity contribution < 1.29 is 4.79 Å². The largest absolute Gasteiger partial charge is 0.299 e. The molecule has 0 atom stereocenters. The molecule has 1 amide bonds. The van der Waals surface area contributed by atoms with Crippen molar-refractivity contribution in [2.45, 2.75) is 13.3 Å². The summed E-state index contributed by atoms with van der Waals surface area (Å²) in [7, 11) is 0. The van der Waals surface area contributed by atoms with Crippen LogP contribution in [0, 0.1) is 0 Å². The molecule has 108 valence electrons. The van der Waals surface area contributed by atoms with E-state index in [9.17, 15) is 4.79 Å². The summed E-state index contributed by atoms with van der Waals surface area (Å²) >= 11 is 0. The van der Waals surface area contributed by atoms with Gasteiger partial charge in [0.2, 0.25) is 5.91 Å². The third-order valence-electron chi connectivity index (χ3n) is 2.69. The lowest BCUT2D eigenvalue weighted by Gasteiger charge is -2.08. The average molecular weight is 282 g/mol. The number of amides is 1. The fourth-order valence-electron chi connectivity index (χ4n) is 1.65. The average Bonchev–Trinajstić information content (AvgIpc) is 2.53. The van der Waals surface area contributed by atoms with Crippen LogP contribution in [0.2, 0.25) is 0 Å². The van der Waals surface area contributed by atoms with Gasteiger partial charge >= 0.3 is 0 Å². The summed E-state index contributed by atoms with van der Waals surface area (Å²) in [6, 6.07) is 19.0. The second kappa shape index (κ2) is 7.69. The van der Waals surface area contributed by atoms with Crippen molar-refractivity contribution in [3.8, 4) is 0 Å². The Kier molecular flexibility index (Phi) is 5.34. The topological polar surface area (TPSA) is 65.5 Å². The molecular weight excluding hydrogens is 264 g/mol. The van der Waals surface area contributed by atoms with Gasteiger partial charge in [-0.25, -0.2) is 0 Å². The van der Waals surface area contributed by atoms with Crippen LogP contribution in [0.3, 0.4) is 0 Å². The molecule has 3 N–H and O–H groups in total. The van der Waals surface area contributed by atoms with E-state index in [2.05, 4.69) is 21.4 Å². The molecule has 21 heavy (non-hydrogen) atoms. The summed E-state index contributed by atoms with van der Waals surface area (Å²) in [5.74, 6) is -0.144. The van der Waals surface area contributed by atoms with E-state index in [0.717, 1.165) is 11.4 Å². The van der Waals surface area contributed by atoms with Crippen molar-refractivity contribution in [3.05, 3.63) is 60.7 Å². The summed E-state index contributed by atoms with van der Waals surface area (Å²) in [5.41, 5.74) is 10.8. The molecule has 0 unspecified atom stereocenters. The van der Waals surface area contributed by atoms with Crippen LogP contribution in [0.15, 0.2) is 65.8 Å². The van der Waals surface area contributed by atoms with Crippen LogP contribution in [0.1, 0.15) is 13.3 Å². The second-order valence-corrected chi connectivity index (χ2v) is 4.54. The van der Waals surface area contributed by atoms with E-state index in [1.165, 1.54) is 0 Å². The number of hydrogen-bond acceptors (Lipinski definition) is 4. The van der Waals surface area contributed by atoms with Crippen molar-refractivity contribution in [3.63, 3.8) is 0 Å². The fourth-order valence-corrected chi connectivity index (χ4v) is 1.65. The number of benzene rings is 2. The highest BCUT2D eigenvalue weighted by molar-refractivity contribution is 6.00. The molecule has 0 spiro atoms. The second-order valence-electron chi connectivity index (χ2n) is 4.54. The molecule has 2 rings (SSSR count). The van der Waals surface area contributed by atoms with Crippen LogP contribution in [0.5, 0.6) is 0 Å². The maximum Gasteiger partial charge on any atom is 0.244 e. The van der Waals surface area contributed by atoms with E-state index < -0.39 is 0 Å². The molecule has 0 saturated heterocycles. The molecule has 0 fully saturated rings. The smallest absolute Gasteiger partial charge is 0.244 e. The number of carbonyl (C=O) groups is 1. The Labute approximate surface area is 124 Å². The number of para-hydroxylation sites is 2. The fraction of sp³-hybridized carbons (Fsp3) is 0.125. The summed E-state index contributed by atoms with van der Waals surface area (Å²) in [6.45, 7) is 1.80. The zero-order valence-corrected chi connectivity index (χ0v) is 11.8. The van der Waals surface area contributed by atoms with Gasteiger partial charge in [0, 0.05) is 5.71 Å². The number of carbonyl (C=O) groups excluding carboxylic acids is 1. The van der Waals surface area contributed by atoms with Crippen molar-refractivity contribution in [2.75, 3.05) is 10.9 Å². The molecule has 0 radical (unpaired) electrons. The van der Waals surface area contributed by atoms with Crippen molar-refractivity contribution >= 4 is 23.0 Å². The highest BCUT2D eigenvalue weighted by Crippen LogP contribution is 2.05. The number of rotatable bonds is 6. The van der Waals surface area contributed by atoms with Gasteiger partial charge in [-0.2, -0.15) is 5.10 Å². The molecule has 5 nitrogen and oxygen atoms in total. The van der Waals surface area contributed by atoms with Gasteiger partial charge in [-0.05, 0) is 31.2 Å². The van der Waals surface area contributed by atoms with Crippen LogP contribution >= 0.6 is 0 Å². The maximum absolute atomic E-state index is 11.8. The first-order chi connectivity index (χ1) is 10.2. The van der Waals surface area contributed by atoms with Gasteiger partial charge in [0.1, 0.15) is 0 Å². The van der Waals surface area contributed by atoms with E-state index >= 15 is 0 Å². The number of nitrogens with zero attached hydrogens (tertiary/aromatic N) is 1. The quantitative estimate of drug-likeness (QED) is 0.563. The number of nitrogens with one attached hydrogen (secondary N) is 3. The van der Waals surface area contributed by atoms with Crippen LogP contribution < -0.4 is 16.3 Å². The normalized spacial score (nSPS) is 10.8. The van der Waals surface area contributed by atoms with Crippen LogP contribution in [0.25, 0.3) is 0 Å². The summed E-state index contributed by atoms with van der Waals surface area (Å²) < 4.78 is 0. The molecule has 2 aromatic rings. The van der Waals surface area contributed by atoms with Gasteiger partial charge in [0.15, 0.2) is 0 Å². The lowest BCUT2D eigenvalue weighted by Crippen LogP contribution is -2.30. The van der Waals surface area contributed by atoms with E-state index in [0.29, 0.717) is 5.71 Å². The molecule has 0 heterocycles. The van der Waals surface area contributed by atoms with E-state index in [1.807, 2.05) is 60.7 Å². The highest BCUT2D eigenvalue weighted by Gasteiger charge is 2.03. The summed E-state index contributed by atoms with van der Waals surface area (Å²) in [5, 5.41) is 4.17. The first kappa shape index (κ1) is 14.6. The lowest BCUT2D eigenvalue weighted by molar-refractivity contribution is -0.119. The lowest BCUT2D eigenvalue weighted by atomic mass is 10.3. The molecule has 0 aliphatic heterocycles. The molecular formula is C16H18N4O. The Morgan fingerprint density at radius 3 is 2.14 bits per heavy atom. The van der Waals surface area contributed by atoms with Crippen LogP contribution in [-0.4, -0.2) is 11.6 Å². The predicted molar refractivity (Wildman–Crippen MR) is 86.0 cm³/mol. The maximum atomic E-state index is 11.8. The Balaban J connectivity index is 1.76. The SMILES string of the molecule is CC(CC(=O)NNc1ccccc1)=NNc1ccccc1. The molecule has 0 aromatic heterocycles. The predicted octanol–water partition coefficient (Wildman–Crippen LogP) is 3.01. The molecule has 0 saturated carbocycles. The third kappa shape index (κ3) is 5.36. The number of hydrazone groups is 1. The Bertz CT molecular complexity index is 596. The van der Waals surface area contributed by atoms with E-state index in [1.54, 1.807) is 6.92 Å². The first-order valence-electron chi connectivity index (χ1n) is 6.68. The molecule has 0 aliphatic rings. The number of anilines is 2. The number of hydrogen-bond donors (Lipinski definition) is 3.